The molecule has 2 aliphatic rings. The van der Waals surface area contributed by atoms with Gasteiger partial charge in [0.25, 0.3) is 0 Å². The first-order valence-electron chi connectivity index (χ1n) is 14.2. The minimum Gasteiger partial charge on any atom is -0.398 e. The highest BCUT2D eigenvalue weighted by Gasteiger charge is 2.31. The van der Waals surface area contributed by atoms with Gasteiger partial charge in [0.15, 0.2) is 5.82 Å². The lowest BCUT2D eigenvalue weighted by Crippen LogP contribution is -2.50. The van der Waals surface area contributed by atoms with E-state index in [9.17, 15) is 4.79 Å². The van der Waals surface area contributed by atoms with E-state index in [1.54, 1.807) is 0 Å². The van der Waals surface area contributed by atoms with Crippen molar-refractivity contribution in [1.82, 2.24) is 24.8 Å². The number of nitrogens with one attached hydrogen (secondary N) is 1. The van der Waals surface area contributed by atoms with E-state index in [-0.39, 0.29) is 17.9 Å². The molecule has 6 rings (SSSR count). The molecule has 2 aliphatic heterocycles. The number of fused-ring (bicyclic) bond motifs is 1. The summed E-state index contributed by atoms with van der Waals surface area (Å²) in [5.74, 6) is 0.938. The molecule has 0 saturated carbocycles. The Bertz CT molecular complexity index is 1520. The molecule has 1 unspecified atom stereocenters. The number of rotatable bonds is 6. The van der Waals surface area contributed by atoms with Gasteiger partial charge in [-0.2, -0.15) is 5.10 Å². The molecule has 9 nitrogen and oxygen atoms in total. The molecule has 2 aromatic carbocycles. The average Bonchev–Trinajstić information content (AvgIpc) is 3.40. The van der Waals surface area contributed by atoms with Crippen molar-refractivity contribution in [2.75, 3.05) is 31.1 Å². The Kier molecular flexibility index (Phi) is 7.46. The van der Waals surface area contributed by atoms with E-state index < -0.39 is 0 Å². The van der Waals surface area contributed by atoms with Crippen molar-refractivity contribution in [1.29, 1.82) is 0 Å². The maximum Gasteiger partial charge on any atom is 0.239 e. The quantitative estimate of drug-likeness (QED) is 0.252. The van der Waals surface area contributed by atoms with Gasteiger partial charge >= 0.3 is 0 Å². The zero-order valence-electron chi connectivity index (χ0n) is 22.7. The second-order valence-corrected chi connectivity index (χ2v) is 10.8. The molecule has 2 saturated heterocycles. The lowest BCUT2D eigenvalue weighted by Gasteiger charge is -2.35. The molecule has 0 radical (unpaired) electrons. The third-order valence-corrected chi connectivity index (χ3v) is 8.19. The highest BCUT2D eigenvalue weighted by molar-refractivity contribution is 5.93. The van der Waals surface area contributed by atoms with Gasteiger partial charge in [-0.3, -0.25) is 9.79 Å². The largest absolute Gasteiger partial charge is 0.398 e. The summed E-state index contributed by atoms with van der Waals surface area (Å²) in [5.41, 5.74) is 19.3. The molecule has 0 aliphatic carbocycles. The lowest BCUT2D eigenvalue weighted by atomic mass is 9.92. The molecule has 1 atom stereocenters. The van der Waals surface area contributed by atoms with E-state index in [1.165, 1.54) is 6.33 Å². The first-order valence-corrected chi connectivity index (χ1v) is 14.2. The molecule has 206 valence electrons. The third-order valence-electron chi connectivity index (χ3n) is 8.19. The summed E-state index contributed by atoms with van der Waals surface area (Å²) in [5, 5.41) is 7.98. The van der Waals surface area contributed by atoms with E-state index >= 15 is 0 Å². The molecule has 4 heterocycles. The molecule has 2 aromatic heterocycles. The second-order valence-electron chi connectivity index (χ2n) is 10.8. The summed E-state index contributed by atoms with van der Waals surface area (Å²) in [6.45, 7) is 3.02. The van der Waals surface area contributed by atoms with Crippen LogP contribution in [0.5, 0.6) is 0 Å². The maximum absolute atomic E-state index is 13.0. The van der Waals surface area contributed by atoms with Gasteiger partial charge in [0.05, 0.1) is 12.6 Å². The van der Waals surface area contributed by atoms with Gasteiger partial charge in [-0.1, -0.05) is 48.9 Å². The van der Waals surface area contributed by atoms with Crippen molar-refractivity contribution >= 4 is 29.1 Å². The number of amides is 1. The smallest absolute Gasteiger partial charge is 0.239 e. The molecule has 0 spiro atoms. The summed E-state index contributed by atoms with van der Waals surface area (Å²) in [6, 6.07) is 18.3. The number of carbonyl (C=O) groups excluding carboxylic acids is 1. The van der Waals surface area contributed by atoms with Gasteiger partial charge in [0.1, 0.15) is 11.8 Å². The van der Waals surface area contributed by atoms with Crippen molar-refractivity contribution in [2.24, 2.45) is 4.99 Å². The number of benzene rings is 2. The standard InChI is InChI=1S/C31H36N8O/c32-26-16-23(9-10-24(26)19-34-18-21-6-2-1-3-7-21)25-17-28(39-29(25)30(33)36-20-37-39)22-11-14-38(15-12-22)31(40)27-8-4-5-13-35-27/h1-3,6-7,9-10,16-17,19-20,22,27,35H,4-5,8,11-15,18,32H2,(H2,33,36,37). The van der Waals surface area contributed by atoms with E-state index in [2.05, 4.69) is 38.6 Å². The molecule has 5 N–H and O–H groups in total. The minimum absolute atomic E-state index is 0.0320. The Morgan fingerprint density at radius 2 is 1.88 bits per heavy atom. The van der Waals surface area contributed by atoms with Crippen LogP contribution in [0.4, 0.5) is 11.5 Å². The predicted octanol–water partition coefficient (Wildman–Crippen LogP) is 4.03. The van der Waals surface area contributed by atoms with Crippen LogP contribution in [0.25, 0.3) is 16.6 Å². The zero-order chi connectivity index (χ0) is 27.5. The van der Waals surface area contributed by atoms with Crippen LogP contribution in [0.15, 0.2) is 65.9 Å². The third kappa shape index (κ3) is 5.29. The molecular weight excluding hydrogens is 500 g/mol. The number of anilines is 2. The zero-order valence-corrected chi connectivity index (χ0v) is 22.7. The number of hydrogen-bond donors (Lipinski definition) is 3. The first-order chi connectivity index (χ1) is 19.6. The number of nitrogens with zero attached hydrogens (tertiary/aromatic N) is 5. The van der Waals surface area contributed by atoms with E-state index in [1.807, 2.05) is 52.0 Å². The Balaban J connectivity index is 1.22. The van der Waals surface area contributed by atoms with Gasteiger partial charge in [0, 0.05) is 47.7 Å². The Morgan fingerprint density at radius 3 is 2.62 bits per heavy atom. The highest BCUT2D eigenvalue weighted by atomic mass is 16.2. The topological polar surface area (TPSA) is 127 Å². The van der Waals surface area contributed by atoms with Gasteiger partial charge < -0.3 is 21.7 Å². The highest BCUT2D eigenvalue weighted by Crippen LogP contribution is 2.37. The molecule has 0 bridgehead atoms. The van der Waals surface area contributed by atoms with Crippen molar-refractivity contribution in [3.63, 3.8) is 0 Å². The number of aliphatic imine (C=N–C) groups is 1. The van der Waals surface area contributed by atoms with Crippen molar-refractivity contribution < 1.29 is 4.79 Å². The maximum atomic E-state index is 13.0. The fraction of sp³-hybridized carbons (Fsp3) is 0.355. The number of hydrogen-bond acceptors (Lipinski definition) is 7. The van der Waals surface area contributed by atoms with Gasteiger partial charge in [-0.15, -0.1) is 0 Å². The molecule has 1 amide bonds. The van der Waals surface area contributed by atoms with Crippen molar-refractivity contribution in [2.45, 2.75) is 50.6 Å². The Labute approximate surface area is 234 Å². The fourth-order valence-corrected chi connectivity index (χ4v) is 5.97. The number of nitrogens with two attached hydrogens (primary N) is 2. The Hall–Kier alpha value is -4.24. The summed E-state index contributed by atoms with van der Waals surface area (Å²) in [4.78, 5) is 23.9. The van der Waals surface area contributed by atoms with Crippen LogP contribution < -0.4 is 16.8 Å². The molecule has 9 heteroatoms. The van der Waals surface area contributed by atoms with E-state index in [4.69, 9.17) is 11.5 Å². The number of nitrogen functional groups attached to an aromatic ring is 2. The van der Waals surface area contributed by atoms with Crippen LogP contribution in [0.1, 0.15) is 54.8 Å². The van der Waals surface area contributed by atoms with Gasteiger partial charge in [-0.05, 0) is 55.5 Å². The first kappa shape index (κ1) is 26.0. The lowest BCUT2D eigenvalue weighted by molar-refractivity contribution is -0.135. The minimum atomic E-state index is -0.0320. The fourth-order valence-electron chi connectivity index (χ4n) is 5.97. The number of carbonyl (C=O) groups is 1. The molecule has 40 heavy (non-hydrogen) atoms. The Morgan fingerprint density at radius 1 is 1.05 bits per heavy atom. The summed E-state index contributed by atoms with van der Waals surface area (Å²) in [7, 11) is 0. The summed E-state index contributed by atoms with van der Waals surface area (Å²) >= 11 is 0. The van der Waals surface area contributed by atoms with Crippen LogP contribution in [-0.4, -0.2) is 57.3 Å². The van der Waals surface area contributed by atoms with Crippen LogP contribution in [0.2, 0.25) is 0 Å². The SMILES string of the molecule is Nc1cc(-c2cc(C3CCN(C(=O)C4CCCCN4)CC3)n3ncnc(N)c23)ccc1C=NCc1ccccc1. The monoisotopic (exact) mass is 536 g/mol. The van der Waals surface area contributed by atoms with Crippen LogP contribution in [0, 0.1) is 0 Å². The molecule has 2 fully saturated rings. The van der Waals surface area contributed by atoms with Crippen LogP contribution in [-0.2, 0) is 11.3 Å². The number of piperidine rings is 2. The van der Waals surface area contributed by atoms with Crippen LogP contribution in [0.3, 0.4) is 0 Å². The van der Waals surface area contributed by atoms with Crippen molar-refractivity contribution in [3.8, 4) is 11.1 Å². The summed E-state index contributed by atoms with van der Waals surface area (Å²) in [6.07, 6.45) is 8.29. The van der Waals surface area contributed by atoms with E-state index in [0.717, 1.165) is 85.2 Å². The van der Waals surface area contributed by atoms with Gasteiger partial charge in [-0.25, -0.2) is 9.50 Å². The number of aromatic nitrogens is 3. The molecular formula is C31H36N8O. The normalized spacial score (nSPS) is 18.5. The van der Waals surface area contributed by atoms with E-state index in [0.29, 0.717) is 18.1 Å². The average molecular weight is 537 g/mol. The van der Waals surface area contributed by atoms with Crippen molar-refractivity contribution in [3.05, 3.63) is 77.7 Å². The van der Waals surface area contributed by atoms with Crippen LogP contribution >= 0.6 is 0 Å². The number of likely N-dealkylation sites (tertiary alicyclic amines) is 1. The molecule has 4 aromatic rings. The second kappa shape index (κ2) is 11.5. The van der Waals surface area contributed by atoms with Gasteiger partial charge in [0.2, 0.25) is 5.91 Å². The predicted molar refractivity (Wildman–Crippen MR) is 159 cm³/mol. The summed E-state index contributed by atoms with van der Waals surface area (Å²) < 4.78 is 1.92.